The lowest BCUT2D eigenvalue weighted by atomic mass is 10.1. The van der Waals surface area contributed by atoms with Crippen LogP contribution in [-0.2, 0) is 4.74 Å². The fourth-order valence-electron chi connectivity index (χ4n) is 1.57. The first kappa shape index (κ1) is 9.75. The average Bonchev–Trinajstić information content (AvgIpc) is 2.81. The molecule has 1 unspecified atom stereocenters. The number of benzene rings is 1. The van der Waals surface area contributed by atoms with Crippen molar-refractivity contribution < 1.29 is 9.84 Å². The van der Waals surface area contributed by atoms with Gasteiger partial charge in [-0.15, -0.1) is 0 Å². The molecule has 0 aliphatic carbocycles. The standard InChI is InChI=1S/C12H11NO2/c13-8-9-3-1-4-10(7-9)12(14)11-5-2-6-15-11/h1,3-5,7,12,14H,2,6H2. The van der Waals surface area contributed by atoms with E-state index in [1.54, 1.807) is 24.3 Å². The van der Waals surface area contributed by atoms with E-state index < -0.39 is 6.10 Å². The molecule has 0 fully saturated rings. The van der Waals surface area contributed by atoms with Crippen molar-refractivity contribution in [3.63, 3.8) is 0 Å². The molecule has 3 nitrogen and oxygen atoms in total. The predicted octanol–water partition coefficient (Wildman–Crippen LogP) is 1.90. The number of nitrogens with zero attached hydrogens (tertiary/aromatic N) is 1. The van der Waals surface area contributed by atoms with Crippen LogP contribution in [0.4, 0.5) is 0 Å². The Balaban J connectivity index is 2.25. The summed E-state index contributed by atoms with van der Waals surface area (Å²) in [6, 6.07) is 8.97. The minimum atomic E-state index is -0.749. The molecule has 1 aliphatic heterocycles. The average molecular weight is 201 g/mol. The number of hydrogen-bond donors (Lipinski definition) is 1. The van der Waals surface area contributed by atoms with Gasteiger partial charge < -0.3 is 9.84 Å². The van der Waals surface area contributed by atoms with Crippen LogP contribution in [0.25, 0.3) is 0 Å². The van der Waals surface area contributed by atoms with E-state index in [1.807, 2.05) is 12.1 Å². The van der Waals surface area contributed by atoms with Gasteiger partial charge in [0.1, 0.15) is 11.9 Å². The molecule has 1 aromatic carbocycles. The predicted molar refractivity (Wildman–Crippen MR) is 54.8 cm³/mol. The lowest BCUT2D eigenvalue weighted by Crippen LogP contribution is -2.02. The van der Waals surface area contributed by atoms with Crippen molar-refractivity contribution in [3.05, 3.63) is 47.2 Å². The van der Waals surface area contributed by atoms with Crippen molar-refractivity contribution >= 4 is 0 Å². The summed E-state index contributed by atoms with van der Waals surface area (Å²) in [7, 11) is 0. The second-order valence-electron chi connectivity index (χ2n) is 3.38. The van der Waals surface area contributed by atoms with Crippen molar-refractivity contribution in [1.82, 2.24) is 0 Å². The Kier molecular flexibility index (Phi) is 2.70. The zero-order valence-electron chi connectivity index (χ0n) is 8.18. The van der Waals surface area contributed by atoms with Gasteiger partial charge in [-0.2, -0.15) is 5.26 Å². The summed E-state index contributed by atoms with van der Waals surface area (Å²) in [6.45, 7) is 0.629. The smallest absolute Gasteiger partial charge is 0.136 e. The highest BCUT2D eigenvalue weighted by molar-refractivity contribution is 5.35. The van der Waals surface area contributed by atoms with Gasteiger partial charge >= 0.3 is 0 Å². The monoisotopic (exact) mass is 201 g/mol. The Morgan fingerprint density at radius 1 is 1.47 bits per heavy atom. The first-order valence-corrected chi connectivity index (χ1v) is 4.82. The van der Waals surface area contributed by atoms with Gasteiger partial charge in [-0.05, 0) is 23.8 Å². The van der Waals surface area contributed by atoms with E-state index in [0.29, 0.717) is 23.5 Å². The Hall–Kier alpha value is -1.79. The van der Waals surface area contributed by atoms with Crippen LogP contribution in [0.2, 0.25) is 0 Å². The van der Waals surface area contributed by atoms with Crippen molar-refractivity contribution in [2.24, 2.45) is 0 Å². The van der Waals surface area contributed by atoms with Crippen molar-refractivity contribution in [2.45, 2.75) is 12.5 Å². The maximum Gasteiger partial charge on any atom is 0.136 e. The van der Waals surface area contributed by atoms with Crippen molar-refractivity contribution in [3.8, 4) is 6.07 Å². The third-order valence-electron chi connectivity index (χ3n) is 2.33. The van der Waals surface area contributed by atoms with Gasteiger partial charge in [0.25, 0.3) is 0 Å². The molecule has 0 amide bonds. The zero-order chi connectivity index (χ0) is 10.7. The Morgan fingerprint density at radius 3 is 3.00 bits per heavy atom. The highest BCUT2D eigenvalue weighted by Crippen LogP contribution is 2.26. The number of nitriles is 1. The molecule has 0 radical (unpaired) electrons. The summed E-state index contributed by atoms with van der Waals surface area (Å²) in [5.41, 5.74) is 1.24. The first-order chi connectivity index (χ1) is 7.31. The van der Waals surface area contributed by atoms with Gasteiger partial charge in [0.15, 0.2) is 0 Å². The quantitative estimate of drug-likeness (QED) is 0.795. The third-order valence-corrected chi connectivity index (χ3v) is 2.33. The summed E-state index contributed by atoms with van der Waals surface area (Å²) in [4.78, 5) is 0. The van der Waals surface area contributed by atoms with Crippen LogP contribution in [-0.4, -0.2) is 11.7 Å². The van der Waals surface area contributed by atoms with Crippen LogP contribution in [0.5, 0.6) is 0 Å². The molecule has 1 atom stereocenters. The molecular weight excluding hydrogens is 190 g/mol. The second kappa shape index (κ2) is 4.16. The van der Waals surface area contributed by atoms with Crippen LogP contribution in [0, 0.1) is 11.3 Å². The first-order valence-electron chi connectivity index (χ1n) is 4.82. The normalized spacial score (nSPS) is 16.4. The summed E-state index contributed by atoms with van der Waals surface area (Å²) < 4.78 is 5.27. The molecule has 0 spiro atoms. The van der Waals surface area contributed by atoms with E-state index in [4.69, 9.17) is 10.00 Å². The molecule has 2 rings (SSSR count). The molecule has 1 aliphatic rings. The lowest BCUT2D eigenvalue weighted by molar-refractivity contribution is 0.119. The van der Waals surface area contributed by atoms with Crippen molar-refractivity contribution in [2.75, 3.05) is 6.61 Å². The maximum absolute atomic E-state index is 9.94. The third kappa shape index (κ3) is 2.00. The SMILES string of the molecule is N#Cc1cccc(C(O)C2=CCCO2)c1. The van der Waals surface area contributed by atoms with E-state index in [1.165, 1.54) is 0 Å². The van der Waals surface area contributed by atoms with Gasteiger partial charge in [-0.3, -0.25) is 0 Å². The van der Waals surface area contributed by atoms with Crippen LogP contribution >= 0.6 is 0 Å². The minimum Gasteiger partial charge on any atom is -0.495 e. The van der Waals surface area contributed by atoms with E-state index in [9.17, 15) is 5.11 Å². The molecule has 0 aromatic heterocycles. The molecular formula is C12H11NO2. The number of hydrogen-bond acceptors (Lipinski definition) is 3. The Labute approximate surface area is 88.2 Å². The number of rotatable bonds is 2. The minimum absolute atomic E-state index is 0.546. The summed E-state index contributed by atoms with van der Waals surface area (Å²) in [5, 5.41) is 18.7. The molecule has 15 heavy (non-hydrogen) atoms. The molecule has 3 heteroatoms. The summed E-state index contributed by atoms with van der Waals surface area (Å²) in [5.74, 6) is 0.588. The summed E-state index contributed by atoms with van der Waals surface area (Å²) in [6.07, 6.45) is 1.97. The van der Waals surface area contributed by atoms with Crippen LogP contribution in [0.1, 0.15) is 23.7 Å². The number of ether oxygens (including phenoxy) is 1. The van der Waals surface area contributed by atoms with Crippen LogP contribution in [0.15, 0.2) is 36.1 Å². The van der Waals surface area contributed by atoms with E-state index in [-0.39, 0.29) is 0 Å². The molecule has 0 bridgehead atoms. The van der Waals surface area contributed by atoms with Gasteiger partial charge in [0.05, 0.1) is 18.2 Å². The highest BCUT2D eigenvalue weighted by atomic mass is 16.5. The molecule has 1 N–H and O–H groups in total. The molecule has 0 saturated carbocycles. The molecule has 0 saturated heterocycles. The van der Waals surface area contributed by atoms with Gasteiger partial charge in [-0.25, -0.2) is 0 Å². The Morgan fingerprint density at radius 2 is 2.33 bits per heavy atom. The van der Waals surface area contributed by atoms with Gasteiger partial charge in [0.2, 0.25) is 0 Å². The van der Waals surface area contributed by atoms with E-state index in [2.05, 4.69) is 0 Å². The second-order valence-corrected chi connectivity index (χ2v) is 3.38. The molecule has 1 heterocycles. The van der Waals surface area contributed by atoms with Crippen molar-refractivity contribution in [1.29, 1.82) is 5.26 Å². The van der Waals surface area contributed by atoms with E-state index in [0.717, 1.165) is 6.42 Å². The van der Waals surface area contributed by atoms with Gasteiger partial charge in [0, 0.05) is 6.42 Å². The molecule has 76 valence electrons. The van der Waals surface area contributed by atoms with Crippen LogP contribution in [0.3, 0.4) is 0 Å². The molecule has 1 aromatic rings. The highest BCUT2D eigenvalue weighted by Gasteiger charge is 2.17. The number of aliphatic hydroxyl groups excluding tert-OH is 1. The Bertz CT molecular complexity index is 431. The fraction of sp³-hybridized carbons (Fsp3) is 0.250. The fourth-order valence-corrected chi connectivity index (χ4v) is 1.57. The largest absolute Gasteiger partial charge is 0.495 e. The zero-order valence-corrected chi connectivity index (χ0v) is 8.18. The maximum atomic E-state index is 9.94. The topological polar surface area (TPSA) is 53.2 Å². The lowest BCUT2D eigenvalue weighted by Gasteiger charge is -2.12. The summed E-state index contributed by atoms with van der Waals surface area (Å²) >= 11 is 0. The van der Waals surface area contributed by atoms with Gasteiger partial charge in [-0.1, -0.05) is 12.1 Å². The van der Waals surface area contributed by atoms with Crippen LogP contribution < -0.4 is 0 Å². The number of aliphatic hydroxyl groups is 1. The van der Waals surface area contributed by atoms with E-state index >= 15 is 0 Å².